The molecule has 0 saturated heterocycles. The summed E-state index contributed by atoms with van der Waals surface area (Å²) in [5, 5.41) is 11.3. The number of hydrogen-bond donors (Lipinski definition) is 0. The predicted octanol–water partition coefficient (Wildman–Crippen LogP) is 5.55. The molecule has 0 amide bonds. The van der Waals surface area contributed by atoms with E-state index < -0.39 is 27.5 Å². The van der Waals surface area contributed by atoms with Crippen molar-refractivity contribution < 1.29 is 9.45 Å². The minimum absolute atomic E-state index is 0.0720. The van der Waals surface area contributed by atoms with Crippen molar-refractivity contribution in [3.8, 4) is 5.75 Å². The molecule has 1 unspecified atom stereocenters. The highest BCUT2D eigenvalue weighted by Crippen LogP contribution is 2.79. The van der Waals surface area contributed by atoms with Crippen molar-refractivity contribution in [3.63, 3.8) is 0 Å². The van der Waals surface area contributed by atoms with Gasteiger partial charge in [-0.3, -0.25) is 31.8 Å². The first-order chi connectivity index (χ1) is 20.0. The van der Waals surface area contributed by atoms with E-state index in [-0.39, 0.29) is 5.69 Å². The second-order valence-corrected chi connectivity index (χ2v) is 16.2. The molecule has 206 valence electrons. The molecule has 1 aromatic carbocycles. The summed E-state index contributed by atoms with van der Waals surface area (Å²) >= 11 is 0. The van der Waals surface area contributed by atoms with Crippen molar-refractivity contribution in [2.45, 2.75) is 0 Å². The van der Waals surface area contributed by atoms with Gasteiger partial charge in [0.05, 0.1) is 4.92 Å². The zero-order chi connectivity index (χ0) is 27.9. The Bertz CT molecular complexity index is 1810. The van der Waals surface area contributed by atoms with E-state index in [4.69, 9.17) is 18.1 Å². The number of benzene rings is 1. The summed E-state index contributed by atoms with van der Waals surface area (Å²) in [4.78, 5) is 32.4. The van der Waals surface area contributed by atoms with Gasteiger partial charge >= 0.3 is 7.58 Å². The van der Waals surface area contributed by atoms with Crippen molar-refractivity contribution >= 4 is 28.3 Å². The number of nitro groups is 1. The molecule has 41 heavy (non-hydrogen) atoms. The topological polar surface area (TPSA) is 179 Å². The van der Waals surface area contributed by atoms with Crippen LogP contribution in [0, 0.1) is 10.1 Å². The molecular weight excluding hydrogens is 589 g/mol. The highest BCUT2D eigenvalue weighted by atomic mass is 31.3. The number of nitrogens with zero attached hydrogens (tertiary/aromatic N) is 14. The summed E-state index contributed by atoms with van der Waals surface area (Å²) < 4.78 is 32.2. The molecule has 0 spiro atoms. The van der Waals surface area contributed by atoms with E-state index >= 15 is 0 Å². The minimum Gasteiger partial charge on any atom is -0.426 e. The standard InChI is InChI=1S/C21H19N14O3P3/c36-35(37)20-1-3-21(4-2-20)38-41(34-14-9-26-19-34)28-39(30-10-5-22-15-30,31-11-6-23-16-31)27-40(29-41,32-12-7-24-17-32)33-13-8-25-18-33/h1-19H. The van der Waals surface area contributed by atoms with Gasteiger partial charge in [-0.2, -0.15) is 4.52 Å². The van der Waals surface area contributed by atoms with Crippen LogP contribution in [0.2, 0.25) is 0 Å². The number of aromatic nitrogens is 10. The fraction of sp³-hybridized carbons (Fsp3) is 0. The molecule has 0 radical (unpaired) electrons. The maximum atomic E-state index is 11.3. The first-order valence-corrected chi connectivity index (χ1v) is 16.6. The second kappa shape index (κ2) is 9.66. The summed E-state index contributed by atoms with van der Waals surface area (Å²) in [6.45, 7) is 0. The first kappa shape index (κ1) is 25.1. The van der Waals surface area contributed by atoms with Gasteiger partial charge in [-0.25, -0.2) is 24.9 Å². The largest absolute Gasteiger partial charge is 0.426 e. The van der Waals surface area contributed by atoms with Crippen molar-refractivity contribution in [2.75, 3.05) is 0 Å². The molecule has 7 rings (SSSR count). The van der Waals surface area contributed by atoms with E-state index in [0.29, 0.717) is 5.75 Å². The summed E-state index contributed by atoms with van der Waals surface area (Å²) in [6, 6.07) is 5.79. The summed E-state index contributed by atoms with van der Waals surface area (Å²) in [5.74, 6) is 0.329. The lowest BCUT2D eigenvalue weighted by atomic mass is 10.3. The van der Waals surface area contributed by atoms with E-state index in [1.165, 1.54) is 24.3 Å². The van der Waals surface area contributed by atoms with Crippen LogP contribution in [0.25, 0.3) is 0 Å². The van der Waals surface area contributed by atoms with Crippen molar-refractivity contribution in [1.29, 1.82) is 0 Å². The van der Waals surface area contributed by atoms with Crippen LogP contribution in [-0.2, 0) is 0 Å². The Morgan fingerprint density at radius 2 is 1.00 bits per heavy atom. The zero-order valence-corrected chi connectivity index (χ0v) is 23.5. The van der Waals surface area contributed by atoms with Crippen LogP contribution in [0.5, 0.6) is 5.75 Å². The molecule has 6 heterocycles. The van der Waals surface area contributed by atoms with Gasteiger partial charge in [0.25, 0.3) is 20.7 Å². The van der Waals surface area contributed by atoms with Crippen LogP contribution in [0.1, 0.15) is 0 Å². The van der Waals surface area contributed by atoms with E-state index in [9.17, 15) is 10.1 Å². The van der Waals surface area contributed by atoms with Crippen LogP contribution < -0.4 is 4.52 Å². The maximum absolute atomic E-state index is 11.3. The molecular formula is C21H19N14O3P3. The fourth-order valence-corrected chi connectivity index (χ4v) is 16.5. The number of hydrogen-bond acceptors (Lipinski definition) is 11. The van der Waals surface area contributed by atoms with Gasteiger partial charge in [0.2, 0.25) is 0 Å². The molecule has 17 nitrogen and oxygen atoms in total. The van der Waals surface area contributed by atoms with Crippen LogP contribution in [0.3, 0.4) is 0 Å². The quantitative estimate of drug-likeness (QED) is 0.123. The lowest BCUT2D eigenvalue weighted by Crippen LogP contribution is -2.13. The van der Waals surface area contributed by atoms with E-state index in [2.05, 4.69) is 24.9 Å². The maximum Gasteiger partial charge on any atom is 0.367 e. The van der Waals surface area contributed by atoms with Crippen molar-refractivity contribution in [1.82, 2.24) is 46.6 Å². The summed E-state index contributed by atoms with van der Waals surface area (Å²) in [6.07, 6.45) is 25.3. The lowest BCUT2D eigenvalue weighted by Gasteiger charge is -2.36. The molecule has 1 aliphatic heterocycles. The zero-order valence-electron chi connectivity index (χ0n) is 20.8. The second-order valence-electron chi connectivity index (χ2n) is 8.41. The van der Waals surface area contributed by atoms with Crippen LogP contribution in [-0.4, -0.2) is 51.5 Å². The van der Waals surface area contributed by atoms with E-state index in [1.54, 1.807) is 97.9 Å². The summed E-state index contributed by atoms with van der Waals surface area (Å²) in [7, 11) is -10.0. The molecule has 1 atom stereocenters. The Balaban J connectivity index is 1.65. The van der Waals surface area contributed by atoms with E-state index in [1.807, 2.05) is 17.4 Å². The van der Waals surface area contributed by atoms with Crippen LogP contribution >= 0.6 is 22.6 Å². The van der Waals surface area contributed by atoms with Crippen LogP contribution in [0.15, 0.2) is 131 Å². The SMILES string of the molecule is O=[N+]([O-])c1ccc(OP2(n3ccnc3)=NP(n3ccnc3)(n3ccnc3)=NP(n3ccnc3)(n3ccnc3)=N2)cc1. The summed E-state index contributed by atoms with van der Waals surface area (Å²) in [5.41, 5.74) is -0.0720. The molecule has 5 aromatic heterocycles. The molecule has 0 N–H and O–H groups in total. The molecule has 0 fully saturated rings. The Kier molecular flexibility index (Phi) is 5.93. The Hall–Kier alpha value is -4.84. The molecule has 20 heteroatoms. The van der Waals surface area contributed by atoms with Gasteiger partial charge in [-0.05, 0) is 12.1 Å². The molecule has 6 aromatic rings. The third kappa shape index (κ3) is 4.10. The monoisotopic (exact) mass is 608 g/mol. The average Bonchev–Trinajstić information content (AvgIpc) is 3.85. The first-order valence-electron chi connectivity index (χ1n) is 11.8. The number of non-ortho nitro benzene ring substituents is 1. The third-order valence-electron chi connectivity index (χ3n) is 5.98. The number of imidazole rings is 5. The molecule has 0 bridgehead atoms. The Labute approximate surface area is 231 Å². The molecule has 0 saturated carbocycles. The lowest BCUT2D eigenvalue weighted by molar-refractivity contribution is -0.384. The Morgan fingerprint density at radius 1 is 0.585 bits per heavy atom. The fourth-order valence-electron chi connectivity index (χ4n) is 4.13. The minimum atomic E-state index is -3.52. The van der Waals surface area contributed by atoms with Gasteiger partial charge in [-0.15, -0.1) is 9.03 Å². The molecule has 1 aliphatic rings. The smallest absolute Gasteiger partial charge is 0.367 e. The highest BCUT2D eigenvalue weighted by molar-refractivity contribution is 7.83. The van der Waals surface area contributed by atoms with E-state index in [0.717, 1.165) is 0 Å². The van der Waals surface area contributed by atoms with Gasteiger partial charge in [0.15, 0.2) is 0 Å². The number of nitro benzene ring substituents is 1. The number of rotatable bonds is 8. The third-order valence-corrected chi connectivity index (χ3v) is 16.4. The van der Waals surface area contributed by atoms with Crippen molar-refractivity contribution in [3.05, 3.63) is 128 Å². The van der Waals surface area contributed by atoms with Crippen LogP contribution in [0.4, 0.5) is 5.69 Å². The predicted molar refractivity (Wildman–Crippen MR) is 150 cm³/mol. The highest BCUT2D eigenvalue weighted by Gasteiger charge is 2.44. The van der Waals surface area contributed by atoms with Gasteiger partial charge in [0.1, 0.15) is 37.4 Å². The Morgan fingerprint density at radius 3 is 1.39 bits per heavy atom. The van der Waals surface area contributed by atoms with Gasteiger partial charge < -0.3 is 4.52 Å². The van der Waals surface area contributed by atoms with Gasteiger partial charge in [0, 0.05) is 74.1 Å². The van der Waals surface area contributed by atoms with Gasteiger partial charge in [-0.1, -0.05) is 0 Å². The van der Waals surface area contributed by atoms with Crippen molar-refractivity contribution in [2.24, 2.45) is 13.5 Å². The normalized spacial score (nSPS) is 19.0. The molecule has 0 aliphatic carbocycles. The average molecular weight is 608 g/mol.